The minimum Gasteiger partial charge on any atom is -0.497 e. The van der Waals surface area contributed by atoms with E-state index in [0.29, 0.717) is 30.2 Å². The average molecular weight is 482 g/mol. The van der Waals surface area contributed by atoms with Crippen molar-refractivity contribution in [2.45, 2.75) is 19.1 Å². The third kappa shape index (κ3) is 4.24. The highest BCUT2D eigenvalue weighted by Crippen LogP contribution is 2.32. The number of hydrogen-bond acceptors (Lipinski definition) is 8. The number of aliphatic hydroxyl groups is 1. The summed E-state index contributed by atoms with van der Waals surface area (Å²) in [5.74, 6) is -1.14. The predicted octanol–water partition coefficient (Wildman–Crippen LogP) is 2.97. The molecule has 1 aromatic carbocycles. The van der Waals surface area contributed by atoms with Crippen molar-refractivity contribution in [3.8, 4) is 17.0 Å². The number of pyridine rings is 1. The van der Waals surface area contributed by atoms with Crippen LogP contribution < -0.4 is 20.7 Å². The van der Waals surface area contributed by atoms with Crippen LogP contribution in [-0.2, 0) is 0 Å². The molecule has 0 unspecified atom stereocenters. The Morgan fingerprint density at radius 1 is 1.14 bits per heavy atom. The molecular formula is C24H25F2N7O2. The van der Waals surface area contributed by atoms with Crippen molar-refractivity contribution in [3.05, 3.63) is 60.6 Å². The third-order valence-corrected chi connectivity index (χ3v) is 6.24. The molecule has 11 heteroatoms. The Kier molecular flexibility index (Phi) is 5.95. The van der Waals surface area contributed by atoms with Crippen molar-refractivity contribution in [2.24, 2.45) is 11.7 Å². The molecule has 182 valence electrons. The maximum absolute atomic E-state index is 14.7. The summed E-state index contributed by atoms with van der Waals surface area (Å²) in [7, 11) is 1.34. The molecule has 0 amide bonds. The van der Waals surface area contributed by atoms with Gasteiger partial charge >= 0.3 is 0 Å². The van der Waals surface area contributed by atoms with Crippen LogP contribution in [0.1, 0.15) is 6.92 Å². The van der Waals surface area contributed by atoms with Crippen molar-refractivity contribution in [3.63, 3.8) is 0 Å². The highest BCUT2D eigenvalue weighted by Gasteiger charge is 2.32. The number of hydrogen-bond donors (Lipinski definition) is 3. The first kappa shape index (κ1) is 22.9. The van der Waals surface area contributed by atoms with E-state index in [0.717, 1.165) is 17.8 Å². The molecule has 0 aliphatic carbocycles. The van der Waals surface area contributed by atoms with Crippen LogP contribution in [0, 0.1) is 17.6 Å². The predicted molar refractivity (Wildman–Crippen MR) is 128 cm³/mol. The Balaban J connectivity index is 1.50. The third-order valence-electron chi connectivity index (χ3n) is 6.24. The van der Waals surface area contributed by atoms with Crippen LogP contribution in [0.5, 0.6) is 5.75 Å². The van der Waals surface area contributed by atoms with Gasteiger partial charge in [-0.15, -0.1) is 0 Å². The lowest BCUT2D eigenvalue weighted by molar-refractivity contribution is 0.0785. The largest absolute Gasteiger partial charge is 0.497 e. The Morgan fingerprint density at radius 2 is 1.91 bits per heavy atom. The normalized spacial score (nSPS) is 20.3. The maximum Gasteiger partial charge on any atom is 0.229 e. The zero-order chi connectivity index (χ0) is 24.7. The SMILES string of the molecule is COc1cc(F)c(-c2ccc3cnc(Nc4cnccc4N4C[C@@H](N)[C@H](O)[C@@H](C)C4)n3n2)c(F)c1. The maximum atomic E-state index is 14.7. The fourth-order valence-electron chi connectivity index (χ4n) is 4.40. The summed E-state index contributed by atoms with van der Waals surface area (Å²) in [6.45, 7) is 3.05. The molecule has 4 heterocycles. The Morgan fingerprint density at radius 3 is 2.63 bits per heavy atom. The first-order valence-corrected chi connectivity index (χ1v) is 11.1. The van der Waals surface area contributed by atoms with Crippen LogP contribution in [-0.4, -0.2) is 57.0 Å². The van der Waals surface area contributed by atoms with Gasteiger partial charge in [-0.2, -0.15) is 9.61 Å². The number of rotatable bonds is 5. The number of fused-ring (bicyclic) bond motifs is 1. The van der Waals surface area contributed by atoms with Crippen LogP contribution in [0.4, 0.5) is 26.1 Å². The molecule has 4 aromatic rings. The van der Waals surface area contributed by atoms with Crippen LogP contribution in [0.25, 0.3) is 16.8 Å². The molecule has 5 rings (SSSR count). The number of nitrogens with two attached hydrogens (primary N) is 1. The van der Waals surface area contributed by atoms with Gasteiger partial charge in [0, 0.05) is 43.4 Å². The van der Waals surface area contributed by atoms with Gasteiger partial charge in [-0.3, -0.25) is 4.98 Å². The van der Waals surface area contributed by atoms with Gasteiger partial charge in [0.05, 0.1) is 53.8 Å². The van der Waals surface area contributed by atoms with Gasteiger partial charge in [0.1, 0.15) is 17.4 Å². The Labute approximate surface area is 200 Å². The average Bonchev–Trinajstić information content (AvgIpc) is 3.24. The smallest absolute Gasteiger partial charge is 0.229 e. The van der Waals surface area contributed by atoms with Gasteiger partial charge in [0.25, 0.3) is 0 Å². The lowest BCUT2D eigenvalue weighted by atomic mass is 9.92. The fraction of sp³-hybridized carbons (Fsp3) is 0.292. The van der Waals surface area contributed by atoms with E-state index in [1.165, 1.54) is 17.7 Å². The molecular weight excluding hydrogens is 456 g/mol. The molecule has 0 spiro atoms. The number of piperidine rings is 1. The first-order valence-electron chi connectivity index (χ1n) is 11.1. The second-order valence-electron chi connectivity index (χ2n) is 8.66. The number of nitrogens with one attached hydrogen (secondary N) is 1. The van der Waals surface area contributed by atoms with Crippen LogP contribution in [0.2, 0.25) is 0 Å². The molecule has 0 bridgehead atoms. The molecule has 3 atom stereocenters. The zero-order valence-corrected chi connectivity index (χ0v) is 19.2. The number of benzene rings is 1. The molecule has 3 aromatic heterocycles. The zero-order valence-electron chi connectivity index (χ0n) is 19.2. The number of methoxy groups -OCH3 is 1. The lowest BCUT2D eigenvalue weighted by Gasteiger charge is -2.40. The number of ether oxygens (including phenoxy) is 1. The summed E-state index contributed by atoms with van der Waals surface area (Å²) in [6.07, 6.45) is 4.37. The summed E-state index contributed by atoms with van der Waals surface area (Å²) < 4.78 is 35.7. The molecule has 9 nitrogen and oxygen atoms in total. The van der Waals surface area contributed by atoms with Crippen molar-refractivity contribution >= 4 is 22.8 Å². The quantitative estimate of drug-likeness (QED) is 0.399. The van der Waals surface area contributed by atoms with Gasteiger partial charge in [0.2, 0.25) is 5.95 Å². The first-order chi connectivity index (χ1) is 16.9. The molecule has 1 aliphatic heterocycles. The Bertz CT molecular complexity index is 1340. The van der Waals surface area contributed by atoms with Crippen LogP contribution >= 0.6 is 0 Å². The standard InChI is InChI=1S/C24H25F2N7O2/c1-13-11-32(12-18(27)23(13)34)21-5-6-28-10-20(21)30-24-29-9-14-3-4-19(31-33(14)24)22-16(25)7-15(35-2)8-17(22)26/h3-10,13,18,23,34H,11-12,27H2,1-2H3,(H,29,30)/t13-,18+,23+/m0/s1. The van der Waals surface area contributed by atoms with Gasteiger partial charge in [-0.1, -0.05) is 6.92 Å². The molecule has 35 heavy (non-hydrogen) atoms. The van der Waals surface area contributed by atoms with Gasteiger partial charge in [-0.05, 0) is 18.2 Å². The van der Waals surface area contributed by atoms with E-state index in [9.17, 15) is 13.9 Å². The second-order valence-corrected chi connectivity index (χ2v) is 8.66. The van der Waals surface area contributed by atoms with Crippen molar-refractivity contribution in [1.29, 1.82) is 0 Å². The van der Waals surface area contributed by atoms with Crippen molar-refractivity contribution in [2.75, 3.05) is 30.4 Å². The molecule has 0 saturated carbocycles. The fourth-order valence-corrected chi connectivity index (χ4v) is 4.40. The van der Waals surface area contributed by atoms with Crippen LogP contribution in [0.3, 0.4) is 0 Å². The highest BCUT2D eigenvalue weighted by atomic mass is 19.1. The van der Waals surface area contributed by atoms with Crippen molar-refractivity contribution in [1.82, 2.24) is 19.6 Å². The van der Waals surface area contributed by atoms with Crippen LogP contribution in [0.15, 0.2) is 48.9 Å². The van der Waals surface area contributed by atoms with E-state index in [1.807, 2.05) is 13.0 Å². The topological polar surface area (TPSA) is 114 Å². The minimum absolute atomic E-state index is 0.00876. The highest BCUT2D eigenvalue weighted by molar-refractivity contribution is 5.74. The molecule has 1 aliphatic rings. The summed E-state index contributed by atoms with van der Waals surface area (Å²) in [6, 6.07) is 6.91. The van der Waals surface area contributed by atoms with Gasteiger partial charge < -0.3 is 25.8 Å². The monoisotopic (exact) mass is 481 g/mol. The van der Waals surface area contributed by atoms with Gasteiger partial charge in [0.15, 0.2) is 0 Å². The number of imidazole rings is 1. The van der Waals surface area contributed by atoms with E-state index in [-0.39, 0.29) is 29.0 Å². The lowest BCUT2D eigenvalue weighted by Crippen LogP contribution is -2.55. The number of aromatic nitrogens is 4. The summed E-state index contributed by atoms with van der Waals surface area (Å²) in [4.78, 5) is 10.7. The molecule has 1 saturated heterocycles. The summed E-state index contributed by atoms with van der Waals surface area (Å²) in [5.41, 5.74) is 8.12. The number of anilines is 3. The summed E-state index contributed by atoms with van der Waals surface area (Å²) >= 11 is 0. The molecule has 0 radical (unpaired) electrons. The number of nitrogens with zero attached hydrogens (tertiary/aromatic N) is 5. The Hall–Kier alpha value is -3.83. The van der Waals surface area contributed by atoms with E-state index in [1.54, 1.807) is 24.7 Å². The van der Waals surface area contributed by atoms with E-state index < -0.39 is 17.7 Å². The number of halogens is 2. The van der Waals surface area contributed by atoms with Gasteiger partial charge in [-0.25, -0.2) is 13.8 Å². The minimum atomic E-state index is -0.782. The summed E-state index contributed by atoms with van der Waals surface area (Å²) in [5, 5.41) is 17.9. The van der Waals surface area contributed by atoms with E-state index in [2.05, 4.69) is 25.3 Å². The van der Waals surface area contributed by atoms with E-state index >= 15 is 0 Å². The molecule has 4 N–H and O–H groups in total. The molecule has 1 fully saturated rings. The second kappa shape index (κ2) is 9.08. The van der Waals surface area contributed by atoms with Crippen molar-refractivity contribution < 1.29 is 18.6 Å². The number of aliphatic hydroxyl groups excluding tert-OH is 1. The van der Waals surface area contributed by atoms with E-state index in [4.69, 9.17) is 10.5 Å².